The number of piperidine rings is 2. The van der Waals surface area contributed by atoms with Crippen LogP contribution in [0.3, 0.4) is 0 Å². The Labute approximate surface area is 207 Å². The van der Waals surface area contributed by atoms with Crippen molar-refractivity contribution in [1.29, 1.82) is 0 Å². The summed E-state index contributed by atoms with van der Waals surface area (Å²) in [6.07, 6.45) is 15.6. The Bertz CT molecular complexity index is 455. The van der Waals surface area contributed by atoms with Gasteiger partial charge in [0.25, 0.3) is 0 Å². The minimum Gasteiger partial charge on any atom is -0.393 e. The van der Waals surface area contributed by atoms with Crippen LogP contribution in [0.15, 0.2) is 0 Å². The zero-order chi connectivity index (χ0) is 24.7. The lowest BCUT2D eigenvalue weighted by atomic mass is 9.86. The summed E-state index contributed by atoms with van der Waals surface area (Å²) in [6.45, 7) is 14.7. The van der Waals surface area contributed by atoms with Crippen molar-refractivity contribution in [3.8, 4) is 0 Å². The van der Waals surface area contributed by atoms with Gasteiger partial charge in [0.2, 0.25) is 0 Å². The fraction of sp³-hybridized carbons (Fsp3) is 1.00. The largest absolute Gasteiger partial charge is 0.393 e. The van der Waals surface area contributed by atoms with Gasteiger partial charge in [-0.15, -0.1) is 0 Å². The summed E-state index contributed by atoms with van der Waals surface area (Å²) in [5.41, 5.74) is 0. The molecule has 3 N–H and O–H groups in total. The van der Waals surface area contributed by atoms with Crippen molar-refractivity contribution in [1.82, 2.24) is 0 Å². The normalized spacial score (nSPS) is 29.9. The smallest absolute Gasteiger partial charge is 0.105 e. The highest BCUT2D eigenvalue weighted by Gasteiger charge is 2.32. The second kappa shape index (κ2) is 17.3. The monoisotopic (exact) mass is 470 g/mol. The lowest BCUT2D eigenvalue weighted by Crippen LogP contribution is -3.10. The average Bonchev–Trinajstić information content (AvgIpc) is 2.74. The molecule has 2 unspecified atom stereocenters. The molecule has 0 amide bonds. The third-order valence-electron chi connectivity index (χ3n) is 8.06. The number of nitrogens with one attached hydrogen (secondary N) is 1. The molecule has 2 atom stereocenters. The predicted molar refractivity (Wildman–Crippen MR) is 143 cm³/mol. The van der Waals surface area contributed by atoms with Crippen molar-refractivity contribution in [2.75, 3.05) is 46.8 Å². The van der Waals surface area contributed by atoms with Crippen LogP contribution < -0.4 is 4.90 Å². The first-order valence-electron chi connectivity index (χ1n) is 14.7. The number of nitrogens with zero attached hydrogens (tertiary/aromatic N) is 1. The maximum absolute atomic E-state index is 10.6. The highest BCUT2D eigenvalue weighted by atomic mass is 16.3. The maximum Gasteiger partial charge on any atom is 0.105 e. The molecule has 2 heterocycles. The van der Waals surface area contributed by atoms with Crippen LogP contribution in [-0.4, -0.2) is 73.7 Å². The average molecular weight is 471 g/mol. The van der Waals surface area contributed by atoms with Gasteiger partial charge in [-0.1, -0.05) is 66.2 Å². The minimum atomic E-state index is -0.180. The number of aliphatic hydroxyl groups is 2. The van der Waals surface area contributed by atoms with Crippen molar-refractivity contribution in [3.05, 3.63) is 0 Å². The summed E-state index contributed by atoms with van der Waals surface area (Å²) in [5.74, 6) is 2.49. The Balaban J connectivity index is 0.00000172. The Morgan fingerprint density at radius 1 is 0.818 bits per heavy atom. The summed E-state index contributed by atoms with van der Waals surface area (Å²) < 4.78 is 1.06. The van der Waals surface area contributed by atoms with E-state index in [0.717, 1.165) is 55.0 Å². The highest BCUT2D eigenvalue weighted by molar-refractivity contribution is 4.69. The van der Waals surface area contributed by atoms with Crippen LogP contribution in [0.2, 0.25) is 0 Å². The number of hydrogen-bond acceptors (Lipinski definition) is 2. The van der Waals surface area contributed by atoms with E-state index in [0.29, 0.717) is 5.92 Å². The molecule has 0 bridgehead atoms. The first-order valence-corrected chi connectivity index (χ1v) is 14.7. The molecule has 0 aliphatic carbocycles. The first kappa shape index (κ1) is 30.9. The Hall–Kier alpha value is -0.160. The van der Waals surface area contributed by atoms with Gasteiger partial charge in [0, 0.05) is 0 Å². The van der Waals surface area contributed by atoms with E-state index in [-0.39, 0.29) is 12.2 Å². The number of quaternary nitrogens is 2. The number of likely N-dealkylation sites (N-methyl/N-ethyl adjacent to an activating group) is 1. The van der Waals surface area contributed by atoms with Gasteiger partial charge in [-0.3, -0.25) is 0 Å². The molecule has 2 saturated heterocycles. The van der Waals surface area contributed by atoms with Crippen LogP contribution >= 0.6 is 0 Å². The van der Waals surface area contributed by atoms with Crippen LogP contribution in [0.25, 0.3) is 0 Å². The van der Waals surface area contributed by atoms with E-state index in [1.165, 1.54) is 77.5 Å². The number of likely N-dealkylation sites (tertiary alicyclic amines) is 2. The molecule has 0 aromatic heterocycles. The van der Waals surface area contributed by atoms with E-state index in [9.17, 15) is 10.2 Å². The van der Waals surface area contributed by atoms with Crippen LogP contribution in [-0.2, 0) is 0 Å². The van der Waals surface area contributed by atoms with Crippen LogP contribution in [0, 0.1) is 17.8 Å². The summed E-state index contributed by atoms with van der Waals surface area (Å²) in [5, 5.41) is 20.6. The summed E-state index contributed by atoms with van der Waals surface area (Å²) in [4.78, 5) is 1.72. The summed E-state index contributed by atoms with van der Waals surface area (Å²) in [6, 6.07) is 0. The van der Waals surface area contributed by atoms with Gasteiger partial charge in [-0.05, 0) is 62.7 Å². The predicted octanol–water partition coefficient (Wildman–Crippen LogP) is 4.68. The molecule has 2 aliphatic rings. The fourth-order valence-electron chi connectivity index (χ4n) is 5.89. The molecule has 0 radical (unpaired) electrons. The van der Waals surface area contributed by atoms with Gasteiger partial charge >= 0.3 is 0 Å². The second-order valence-corrected chi connectivity index (χ2v) is 12.5. The first-order chi connectivity index (χ1) is 15.7. The van der Waals surface area contributed by atoms with Crippen molar-refractivity contribution in [2.24, 2.45) is 17.8 Å². The van der Waals surface area contributed by atoms with Crippen LogP contribution in [0.1, 0.15) is 111 Å². The Morgan fingerprint density at radius 2 is 1.30 bits per heavy atom. The van der Waals surface area contributed by atoms with Gasteiger partial charge in [-0.2, -0.15) is 0 Å². The standard InChI is InChI=1S/C26H53N2O2.C3H8/c1-22(2)20-25(29)10-5-6-11-26(30)21-28(4)18-14-24(15-19-28)9-7-8-23-12-16-27(3)17-13-23;1-3-2/h22-26,29-30H,5-21H2,1-4H3;3H2,1-2H3/q+1;/p+1. The van der Waals surface area contributed by atoms with Crippen LogP contribution in [0.5, 0.6) is 0 Å². The zero-order valence-electron chi connectivity index (χ0n) is 23.5. The number of hydrogen-bond donors (Lipinski definition) is 3. The molecule has 2 rings (SSSR count). The van der Waals surface area contributed by atoms with Gasteiger partial charge in [0.15, 0.2) is 0 Å². The molecule has 2 aliphatic heterocycles. The van der Waals surface area contributed by atoms with Gasteiger partial charge in [0.1, 0.15) is 12.6 Å². The molecule has 0 saturated carbocycles. The zero-order valence-corrected chi connectivity index (χ0v) is 23.5. The van der Waals surface area contributed by atoms with Gasteiger partial charge < -0.3 is 19.6 Å². The molecule has 2 fully saturated rings. The third-order valence-corrected chi connectivity index (χ3v) is 8.06. The molecule has 198 valence electrons. The minimum absolute atomic E-state index is 0.161. The number of aliphatic hydroxyl groups excluding tert-OH is 2. The van der Waals surface area contributed by atoms with E-state index in [2.05, 4.69) is 41.8 Å². The third kappa shape index (κ3) is 14.8. The topological polar surface area (TPSA) is 44.9 Å². The molecular weight excluding hydrogens is 408 g/mol. The van der Waals surface area contributed by atoms with Crippen molar-refractivity contribution >= 4 is 0 Å². The van der Waals surface area contributed by atoms with Crippen molar-refractivity contribution < 1.29 is 19.6 Å². The number of rotatable bonds is 13. The molecule has 33 heavy (non-hydrogen) atoms. The van der Waals surface area contributed by atoms with Crippen molar-refractivity contribution in [2.45, 2.75) is 123 Å². The number of unbranched alkanes of at least 4 members (excludes halogenated alkanes) is 1. The van der Waals surface area contributed by atoms with E-state index >= 15 is 0 Å². The molecule has 0 aromatic carbocycles. The second-order valence-electron chi connectivity index (χ2n) is 12.5. The maximum atomic E-state index is 10.6. The highest BCUT2D eigenvalue weighted by Crippen LogP contribution is 2.28. The van der Waals surface area contributed by atoms with Gasteiger partial charge in [-0.25, -0.2) is 0 Å². The molecular formula is C29H62N2O2+2. The lowest BCUT2D eigenvalue weighted by Gasteiger charge is -2.42. The molecule has 0 spiro atoms. The Kier molecular flexibility index (Phi) is 16.2. The van der Waals surface area contributed by atoms with E-state index in [4.69, 9.17) is 0 Å². The molecule has 4 heteroatoms. The van der Waals surface area contributed by atoms with E-state index in [1.807, 2.05) is 0 Å². The quantitative estimate of drug-likeness (QED) is 0.270. The summed E-state index contributed by atoms with van der Waals surface area (Å²) in [7, 11) is 4.69. The lowest BCUT2D eigenvalue weighted by molar-refractivity contribution is -0.918. The van der Waals surface area contributed by atoms with Crippen molar-refractivity contribution in [3.63, 3.8) is 0 Å². The SMILES string of the molecule is CC(C)CC(O)CCCCC(O)C[N+]1(C)CCC(CCCC2CC[NH+](C)CC2)CC1.CCC. The van der Waals surface area contributed by atoms with Crippen LogP contribution in [0.4, 0.5) is 0 Å². The molecule has 0 aromatic rings. The Morgan fingerprint density at radius 3 is 1.82 bits per heavy atom. The van der Waals surface area contributed by atoms with Gasteiger partial charge in [0.05, 0.1) is 46.4 Å². The fourth-order valence-corrected chi connectivity index (χ4v) is 5.89. The summed E-state index contributed by atoms with van der Waals surface area (Å²) >= 11 is 0. The van der Waals surface area contributed by atoms with E-state index in [1.54, 1.807) is 4.90 Å². The molecule has 4 nitrogen and oxygen atoms in total. The van der Waals surface area contributed by atoms with E-state index < -0.39 is 0 Å².